The van der Waals surface area contributed by atoms with Crippen molar-refractivity contribution in [1.29, 1.82) is 0 Å². The number of halogens is 6. The number of ether oxygens (including phenoxy) is 2. The average molecular weight is 428 g/mol. The van der Waals surface area contributed by atoms with Crippen molar-refractivity contribution >= 4 is 12.0 Å². The zero-order valence-electron chi connectivity index (χ0n) is 14.6. The highest BCUT2D eigenvalue weighted by Gasteiger charge is 2.63. The summed E-state index contributed by atoms with van der Waals surface area (Å²) in [5.41, 5.74) is -3.96. The van der Waals surface area contributed by atoms with Gasteiger partial charge < -0.3 is 14.6 Å². The maximum absolute atomic E-state index is 13.5. The molecule has 0 amide bonds. The largest absolute Gasteiger partial charge is 0.573 e. The van der Waals surface area contributed by atoms with Crippen molar-refractivity contribution in [1.82, 2.24) is 0 Å². The minimum absolute atomic E-state index is 0.212. The molecule has 4 nitrogen and oxygen atoms in total. The van der Waals surface area contributed by atoms with Crippen LogP contribution in [0.25, 0.3) is 6.08 Å². The van der Waals surface area contributed by atoms with E-state index in [2.05, 4.69) is 16.6 Å². The first-order valence-corrected chi connectivity index (χ1v) is 8.10. The van der Waals surface area contributed by atoms with Gasteiger partial charge >= 0.3 is 24.1 Å². The number of carboxylic acids is 1. The standard InChI is InChI=1S/C20H10F6O4/c21-19(22,23)18(17(27)28)9-8-14-11-15(29-20(24,25)26)10-13(16(14)30-18)7-6-12-4-2-1-3-5-12/h1-5,8-11H,(H,27,28). The van der Waals surface area contributed by atoms with Crippen LogP contribution in [0.15, 0.2) is 48.5 Å². The number of rotatable bonds is 2. The quantitative estimate of drug-likeness (QED) is 0.553. The Kier molecular flexibility index (Phi) is 5.16. The first kappa shape index (κ1) is 21.1. The average Bonchev–Trinajstić information content (AvgIpc) is 2.64. The van der Waals surface area contributed by atoms with Crippen LogP contribution in [0.4, 0.5) is 26.3 Å². The predicted molar refractivity (Wildman–Crippen MR) is 91.6 cm³/mol. The van der Waals surface area contributed by atoms with E-state index in [4.69, 9.17) is 9.84 Å². The van der Waals surface area contributed by atoms with E-state index in [0.717, 1.165) is 12.1 Å². The van der Waals surface area contributed by atoms with Gasteiger partial charge in [-0.1, -0.05) is 36.1 Å². The summed E-state index contributed by atoms with van der Waals surface area (Å²) in [6, 6.07) is 9.56. The van der Waals surface area contributed by atoms with Crippen molar-refractivity contribution in [3.8, 4) is 23.3 Å². The smallest absolute Gasteiger partial charge is 0.478 e. The van der Waals surface area contributed by atoms with Gasteiger partial charge in [0.15, 0.2) is 0 Å². The van der Waals surface area contributed by atoms with Gasteiger partial charge in [-0.3, -0.25) is 0 Å². The van der Waals surface area contributed by atoms with Gasteiger partial charge in [-0.15, -0.1) is 13.2 Å². The number of alkyl halides is 6. The molecule has 156 valence electrons. The maximum Gasteiger partial charge on any atom is 0.573 e. The fourth-order valence-electron chi connectivity index (χ4n) is 2.60. The molecular weight excluding hydrogens is 418 g/mol. The zero-order valence-corrected chi connectivity index (χ0v) is 14.6. The van der Waals surface area contributed by atoms with Gasteiger partial charge in [-0.05, 0) is 30.3 Å². The summed E-state index contributed by atoms with van der Waals surface area (Å²) in [6.07, 6.45) is -9.49. The third-order valence-corrected chi connectivity index (χ3v) is 3.94. The molecule has 0 spiro atoms. The Balaban J connectivity index is 2.17. The fraction of sp³-hybridized carbons (Fsp3) is 0.150. The molecule has 2 aromatic rings. The van der Waals surface area contributed by atoms with Gasteiger partial charge in [0, 0.05) is 11.1 Å². The van der Waals surface area contributed by atoms with Crippen molar-refractivity contribution < 1.29 is 45.7 Å². The molecular formula is C20H10F6O4. The molecule has 0 bridgehead atoms. The minimum atomic E-state index is -5.35. The monoisotopic (exact) mass is 428 g/mol. The van der Waals surface area contributed by atoms with Crippen LogP contribution in [0, 0.1) is 11.8 Å². The molecule has 1 aliphatic rings. The molecule has 1 aliphatic heterocycles. The summed E-state index contributed by atoms with van der Waals surface area (Å²) < 4.78 is 86.8. The number of hydrogen-bond acceptors (Lipinski definition) is 3. The molecule has 0 saturated heterocycles. The molecule has 0 aromatic heterocycles. The van der Waals surface area contributed by atoms with E-state index in [1.165, 1.54) is 0 Å². The van der Waals surface area contributed by atoms with E-state index in [1.807, 2.05) is 0 Å². The van der Waals surface area contributed by atoms with Crippen LogP contribution >= 0.6 is 0 Å². The van der Waals surface area contributed by atoms with Crippen molar-refractivity contribution in [3.63, 3.8) is 0 Å². The second kappa shape index (κ2) is 7.33. The molecule has 10 heteroatoms. The van der Waals surface area contributed by atoms with E-state index in [1.54, 1.807) is 30.3 Å². The first-order valence-electron chi connectivity index (χ1n) is 8.10. The van der Waals surface area contributed by atoms with Gasteiger partial charge in [0.2, 0.25) is 0 Å². The Labute approximate surface area is 165 Å². The summed E-state index contributed by atoms with van der Waals surface area (Å²) in [5.74, 6) is 1.29. The number of carboxylic acid groups (broad SMARTS) is 1. The highest BCUT2D eigenvalue weighted by molar-refractivity contribution is 5.86. The van der Waals surface area contributed by atoms with Gasteiger partial charge in [0.25, 0.3) is 0 Å². The van der Waals surface area contributed by atoms with E-state index < -0.39 is 41.2 Å². The summed E-state index contributed by atoms with van der Waals surface area (Å²) in [7, 11) is 0. The molecule has 0 saturated carbocycles. The Hall–Kier alpha value is -3.61. The van der Waals surface area contributed by atoms with Crippen LogP contribution in [0.3, 0.4) is 0 Å². The molecule has 0 fully saturated rings. The predicted octanol–water partition coefficient (Wildman–Crippen LogP) is 4.78. The molecule has 0 radical (unpaired) electrons. The van der Waals surface area contributed by atoms with E-state index in [0.29, 0.717) is 11.6 Å². The van der Waals surface area contributed by atoms with Gasteiger partial charge in [-0.2, -0.15) is 13.2 Å². The first-order chi connectivity index (χ1) is 13.9. The van der Waals surface area contributed by atoms with Gasteiger partial charge in [-0.25, -0.2) is 4.79 Å². The van der Waals surface area contributed by atoms with Crippen LogP contribution in [-0.4, -0.2) is 29.2 Å². The molecule has 0 aliphatic carbocycles. The van der Waals surface area contributed by atoms with Crippen LogP contribution in [0.2, 0.25) is 0 Å². The lowest BCUT2D eigenvalue weighted by Crippen LogP contribution is -2.56. The number of fused-ring (bicyclic) bond motifs is 1. The highest BCUT2D eigenvalue weighted by Crippen LogP contribution is 2.44. The van der Waals surface area contributed by atoms with E-state index in [-0.39, 0.29) is 11.6 Å². The van der Waals surface area contributed by atoms with Crippen LogP contribution < -0.4 is 9.47 Å². The number of benzene rings is 2. The topological polar surface area (TPSA) is 55.8 Å². The van der Waals surface area contributed by atoms with Gasteiger partial charge in [0.05, 0.1) is 5.56 Å². The highest BCUT2D eigenvalue weighted by atomic mass is 19.4. The van der Waals surface area contributed by atoms with E-state index in [9.17, 15) is 31.1 Å². The Morgan fingerprint density at radius 1 is 1.03 bits per heavy atom. The minimum Gasteiger partial charge on any atom is -0.478 e. The van der Waals surface area contributed by atoms with Crippen LogP contribution in [0.1, 0.15) is 16.7 Å². The summed E-state index contributed by atoms with van der Waals surface area (Å²) in [4.78, 5) is 11.4. The van der Waals surface area contributed by atoms with Crippen LogP contribution in [-0.2, 0) is 4.79 Å². The Morgan fingerprint density at radius 2 is 1.70 bits per heavy atom. The summed E-state index contributed by atoms with van der Waals surface area (Å²) >= 11 is 0. The molecule has 1 heterocycles. The maximum atomic E-state index is 13.5. The van der Waals surface area contributed by atoms with Gasteiger partial charge in [0.1, 0.15) is 11.5 Å². The number of hydrogen-bond donors (Lipinski definition) is 1. The molecule has 30 heavy (non-hydrogen) atoms. The molecule has 1 unspecified atom stereocenters. The van der Waals surface area contributed by atoms with Crippen molar-refractivity contribution in [2.24, 2.45) is 0 Å². The lowest BCUT2D eigenvalue weighted by atomic mass is 9.95. The van der Waals surface area contributed by atoms with Crippen molar-refractivity contribution in [2.75, 3.05) is 0 Å². The fourth-order valence-corrected chi connectivity index (χ4v) is 2.60. The number of carbonyl (C=O) groups is 1. The van der Waals surface area contributed by atoms with Crippen LogP contribution in [0.5, 0.6) is 11.5 Å². The molecule has 1 atom stereocenters. The second-order valence-electron chi connectivity index (χ2n) is 6.03. The zero-order chi connectivity index (χ0) is 22.2. The SMILES string of the molecule is O=C(O)C1(C(F)(F)F)C=Cc2cc(OC(F)(F)F)cc(C#Cc3ccccc3)c2O1. The summed E-state index contributed by atoms with van der Waals surface area (Å²) in [6.45, 7) is 0. The van der Waals surface area contributed by atoms with Crippen molar-refractivity contribution in [3.05, 3.63) is 65.2 Å². The molecule has 1 N–H and O–H groups in total. The lowest BCUT2D eigenvalue weighted by Gasteiger charge is -2.33. The molecule has 2 aromatic carbocycles. The van der Waals surface area contributed by atoms with Crippen molar-refractivity contribution in [2.45, 2.75) is 18.1 Å². The second-order valence-corrected chi connectivity index (χ2v) is 6.03. The lowest BCUT2D eigenvalue weighted by molar-refractivity contribution is -0.274. The summed E-state index contributed by atoms with van der Waals surface area (Å²) in [5, 5.41) is 9.15. The number of aliphatic carboxylic acids is 1. The third kappa shape index (κ3) is 4.20. The normalized spacial score (nSPS) is 17.9. The van der Waals surface area contributed by atoms with E-state index >= 15 is 0 Å². The Morgan fingerprint density at radius 3 is 2.27 bits per heavy atom. The third-order valence-electron chi connectivity index (χ3n) is 3.94. The molecule has 3 rings (SSSR count). The Bertz CT molecular complexity index is 1060.